The lowest BCUT2D eigenvalue weighted by Crippen LogP contribution is -2.36. The van der Waals surface area contributed by atoms with Gasteiger partial charge in [-0.15, -0.1) is 0 Å². The van der Waals surface area contributed by atoms with E-state index in [1.807, 2.05) is 53.4 Å². The summed E-state index contributed by atoms with van der Waals surface area (Å²) >= 11 is 9.36. The first-order valence-corrected chi connectivity index (χ1v) is 9.20. The van der Waals surface area contributed by atoms with Crippen LogP contribution < -0.4 is 0 Å². The maximum atomic E-state index is 12.9. The number of carbonyl (C=O) groups is 1. The zero-order chi connectivity index (χ0) is 16.9. The third-order valence-corrected chi connectivity index (χ3v) is 4.89. The zero-order valence-electron chi connectivity index (χ0n) is 13.3. The molecule has 0 bridgehead atoms. The van der Waals surface area contributed by atoms with E-state index in [1.165, 1.54) is 0 Å². The van der Waals surface area contributed by atoms with Crippen molar-refractivity contribution in [3.05, 3.63) is 69.2 Å². The minimum Gasteiger partial charge on any atom is -0.376 e. The number of nitrogens with zero attached hydrogens (tertiary/aromatic N) is 1. The van der Waals surface area contributed by atoms with Crippen LogP contribution >= 0.6 is 27.5 Å². The summed E-state index contributed by atoms with van der Waals surface area (Å²) in [7, 11) is 0. The Bertz CT molecular complexity index is 682. The molecule has 1 heterocycles. The van der Waals surface area contributed by atoms with Gasteiger partial charge in [-0.3, -0.25) is 4.79 Å². The van der Waals surface area contributed by atoms with Gasteiger partial charge in [0, 0.05) is 34.8 Å². The van der Waals surface area contributed by atoms with E-state index in [0.717, 1.165) is 29.5 Å². The normalized spacial score (nSPS) is 17.0. The number of carbonyl (C=O) groups excluding carboxylic acids is 1. The predicted octanol–water partition coefficient (Wildman–Crippen LogP) is 4.92. The standard InChI is InChI=1S/C19H19BrClNO2/c20-16-7-5-15(6-8-16)19(23)22(13-18-2-1-11-24-18)12-14-3-9-17(21)10-4-14/h3-10,18H,1-2,11-13H2/t18-/m0/s1. The summed E-state index contributed by atoms with van der Waals surface area (Å²) in [5.41, 5.74) is 1.74. The van der Waals surface area contributed by atoms with E-state index in [2.05, 4.69) is 15.9 Å². The van der Waals surface area contributed by atoms with Crippen molar-refractivity contribution in [1.82, 2.24) is 4.90 Å². The number of amides is 1. The van der Waals surface area contributed by atoms with Crippen molar-refractivity contribution < 1.29 is 9.53 Å². The summed E-state index contributed by atoms with van der Waals surface area (Å²) < 4.78 is 6.68. The molecular weight excluding hydrogens is 390 g/mol. The van der Waals surface area contributed by atoms with Crippen LogP contribution in [0.4, 0.5) is 0 Å². The molecule has 3 rings (SSSR count). The lowest BCUT2D eigenvalue weighted by Gasteiger charge is -2.26. The Labute approximate surface area is 155 Å². The Balaban J connectivity index is 1.78. The fourth-order valence-electron chi connectivity index (χ4n) is 2.84. The van der Waals surface area contributed by atoms with Crippen LogP contribution in [0, 0.1) is 0 Å². The maximum Gasteiger partial charge on any atom is 0.254 e. The molecule has 5 heteroatoms. The van der Waals surface area contributed by atoms with Crippen LogP contribution in [0.1, 0.15) is 28.8 Å². The third kappa shape index (κ3) is 4.59. The Hall–Kier alpha value is -1.36. The fourth-order valence-corrected chi connectivity index (χ4v) is 3.23. The van der Waals surface area contributed by atoms with Crippen LogP contribution in [0.2, 0.25) is 5.02 Å². The molecule has 2 aromatic carbocycles. The summed E-state index contributed by atoms with van der Waals surface area (Å²) in [4.78, 5) is 14.8. The monoisotopic (exact) mass is 407 g/mol. The second-order valence-corrected chi connectivity index (χ2v) is 7.31. The lowest BCUT2D eigenvalue weighted by atomic mass is 10.1. The highest BCUT2D eigenvalue weighted by molar-refractivity contribution is 9.10. The quantitative estimate of drug-likeness (QED) is 0.702. The van der Waals surface area contributed by atoms with E-state index in [9.17, 15) is 4.79 Å². The molecule has 2 aromatic rings. The first-order chi connectivity index (χ1) is 11.6. The molecule has 1 aliphatic rings. The van der Waals surface area contributed by atoms with E-state index in [4.69, 9.17) is 16.3 Å². The molecule has 1 fully saturated rings. The van der Waals surface area contributed by atoms with Crippen molar-refractivity contribution in [1.29, 1.82) is 0 Å². The summed E-state index contributed by atoms with van der Waals surface area (Å²) in [5.74, 6) is 0.0213. The van der Waals surface area contributed by atoms with Gasteiger partial charge in [-0.1, -0.05) is 39.7 Å². The number of benzene rings is 2. The van der Waals surface area contributed by atoms with Gasteiger partial charge in [-0.05, 0) is 54.8 Å². The van der Waals surface area contributed by atoms with Crippen molar-refractivity contribution in [2.24, 2.45) is 0 Å². The molecule has 0 aromatic heterocycles. The van der Waals surface area contributed by atoms with Crippen molar-refractivity contribution in [3.63, 3.8) is 0 Å². The molecular formula is C19H19BrClNO2. The fraction of sp³-hybridized carbons (Fsp3) is 0.316. The first kappa shape index (κ1) is 17.5. The molecule has 1 saturated heterocycles. The SMILES string of the molecule is O=C(c1ccc(Br)cc1)N(Cc1ccc(Cl)cc1)C[C@@H]1CCCO1. The Kier molecular flexibility index (Phi) is 5.93. The molecule has 24 heavy (non-hydrogen) atoms. The molecule has 3 nitrogen and oxygen atoms in total. The number of ether oxygens (including phenoxy) is 1. The Morgan fingerprint density at radius 3 is 2.50 bits per heavy atom. The smallest absolute Gasteiger partial charge is 0.254 e. The van der Waals surface area contributed by atoms with Gasteiger partial charge in [0.15, 0.2) is 0 Å². The highest BCUT2D eigenvalue weighted by Gasteiger charge is 2.23. The van der Waals surface area contributed by atoms with Gasteiger partial charge in [0.2, 0.25) is 0 Å². The van der Waals surface area contributed by atoms with Crippen molar-refractivity contribution in [3.8, 4) is 0 Å². The highest BCUT2D eigenvalue weighted by Crippen LogP contribution is 2.19. The summed E-state index contributed by atoms with van der Waals surface area (Å²) in [6.07, 6.45) is 2.19. The third-order valence-electron chi connectivity index (χ3n) is 4.11. The van der Waals surface area contributed by atoms with E-state index >= 15 is 0 Å². The molecule has 0 spiro atoms. The maximum absolute atomic E-state index is 12.9. The van der Waals surface area contributed by atoms with Crippen LogP contribution in [0.3, 0.4) is 0 Å². The van der Waals surface area contributed by atoms with Crippen LogP contribution in [0.5, 0.6) is 0 Å². The largest absolute Gasteiger partial charge is 0.376 e. The average Bonchev–Trinajstić information content (AvgIpc) is 3.09. The minimum atomic E-state index is 0.0213. The van der Waals surface area contributed by atoms with Crippen LogP contribution in [0.25, 0.3) is 0 Å². The van der Waals surface area contributed by atoms with Crippen molar-refractivity contribution in [2.75, 3.05) is 13.2 Å². The molecule has 0 unspecified atom stereocenters. The minimum absolute atomic E-state index is 0.0213. The first-order valence-electron chi connectivity index (χ1n) is 8.03. The number of hydrogen-bond donors (Lipinski definition) is 0. The number of halogens is 2. The Morgan fingerprint density at radius 1 is 1.17 bits per heavy atom. The molecule has 0 radical (unpaired) electrons. The molecule has 1 amide bonds. The van der Waals surface area contributed by atoms with Gasteiger partial charge in [0.1, 0.15) is 0 Å². The van der Waals surface area contributed by atoms with Crippen molar-refractivity contribution in [2.45, 2.75) is 25.5 Å². The Morgan fingerprint density at radius 2 is 1.88 bits per heavy atom. The van der Waals surface area contributed by atoms with Gasteiger partial charge < -0.3 is 9.64 Å². The van der Waals surface area contributed by atoms with Gasteiger partial charge in [-0.2, -0.15) is 0 Å². The van der Waals surface area contributed by atoms with Crippen LogP contribution in [-0.4, -0.2) is 30.1 Å². The molecule has 126 valence electrons. The van der Waals surface area contributed by atoms with Gasteiger partial charge >= 0.3 is 0 Å². The van der Waals surface area contributed by atoms with Gasteiger partial charge in [0.05, 0.1) is 6.10 Å². The van der Waals surface area contributed by atoms with E-state index in [1.54, 1.807) is 0 Å². The summed E-state index contributed by atoms with van der Waals surface area (Å²) in [6, 6.07) is 15.1. The average molecular weight is 409 g/mol. The molecule has 1 atom stereocenters. The molecule has 0 aliphatic carbocycles. The van der Waals surface area contributed by atoms with E-state index in [-0.39, 0.29) is 12.0 Å². The number of hydrogen-bond acceptors (Lipinski definition) is 2. The molecule has 1 aliphatic heterocycles. The van der Waals surface area contributed by atoms with Crippen molar-refractivity contribution >= 4 is 33.4 Å². The molecule has 0 saturated carbocycles. The van der Waals surface area contributed by atoms with Gasteiger partial charge in [0.25, 0.3) is 5.91 Å². The van der Waals surface area contributed by atoms with Crippen LogP contribution in [-0.2, 0) is 11.3 Å². The second-order valence-electron chi connectivity index (χ2n) is 5.95. The predicted molar refractivity (Wildman–Crippen MR) is 99.3 cm³/mol. The van der Waals surface area contributed by atoms with E-state index in [0.29, 0.717) is 23.7 Å². The second kappa shape index (κ2) is 8.15. The summed E-state index contributed by atoms with van der Waals surface area (Å²) in [5, 5.41) is 0.698. The zero-order valence-corrected chi connectivity index (χ0v) is 15.6. The molecule has 0 N–H and O–H groups in total. The summed E-state index contributed by atoms with van der Waals surface area (Å²) in [6.45, 7) is 1.94. The number of rotatable bonds is 5. The van der Waals surface area contributed by atoms with Crippen LogP contribution in [0.15, 0.2) is 53.0 Å². The lowest BCUT2D eigenvalue weighted by molar-refractivity contribution is 0.0507. The van der Waals surface area contributed by atoms with Gasteiger partial charge in [-0.25, -0.2) is 0 Å². The topological polar surface area (TPSA) is 29.5 Å². The van der Waals surface area contributed by atoms with E-state index < -0.39 is 0 Å². The highest BCUT2D eigenvalue weighted by atomic mass is 79.9.